The third-order valence-corrected chi connectivity index (χ3v) is 3.55. The SMILES string of the molecule is CCOC(=O)/C(=C(/C)N[C@H](C)c1ccccc1)[C@H](C)C[N+](=O)[O-]. The Kier molecular flexibility index (Phi) is 7.25. The number of rotatable bonds is 8. The fraction of sp³-hybridized carbons (Fsp3) is 0.471. The maximum Gasteiger partial charge on any atom is 0.336 e. The van der Waals surface area contributed by atoms with E-state index in [9.17, 15) is 14.9 Å². The van der Waals surface area contributed by atoms with Gasteiger partial charge in [-0.1, -0.05) is 37.3 Å². The number of nitrogens with zero attached hydrogens (tertiary/aromatic N) is 1. The molecule has 23 heavy (non-hydrogen) atoms. The van der Waals surface area contributed by atoms with Gasteiger partial charge in [-0.3, -0.25) is 10.1 Å². The quantitative estimate of drug-likeness (QED) is 0.344. The van der Waals surface area contributed by atoms with Crippen LogP contribution in [0, 0.1) is 16.0 Å². The van der Waals surface area contributed by atoms with Crippen LogP contribution in [-0.4, -0.2) is 24.0 Å². The number of benzene rings is 1. The first-order valence-corrected chi connectivity index (χ1v) is 7.68. The first-order valence-electron chi connectivity index (χ1n) is 7.68. The van der Waals surface area contributed by atoms with Crippen LogP contribution < -0.4 is 5.32 Å². The molecule has 126 valence electrons. The molecule has 0 saturated heterocycles. The topological polar surface area (TPSA) is 81.5 Å². The fourth-order valence-electron chi connectivity index (χ4n) is 2.48. The molecular formula is C17H24N2O4. The van der Waals surface area contributed by atoms with Gasteiger partial charge in [-0.25, -0.2) is 4.79 Å². The van der Waals surface area contributed by atoms with Gasteiger partial charge in [0.05, 0.1) is 18.1 Å². The number of nitro groups is 1. The standard InChI is InChI=1S/C17H24N2O4/c1-5-23-17(20)16(12(2)11-19(21)22)14(4)18-13(3)15-9-7-6-8-10-15/h6-10,12-13,18H,5,11H2,1-4H3/b16-14-/t12-,13-/m1/s1. The highest BCUT2D eigenvalue weighted by molar-refractivity contribution is 5.89. The van der Waals surface area contributed by atoms with E-state index >= 15 is 0 Å². The third-order valence-electron chi connectivity index (χ3n) is 3.55. The molecule has 1 N–H and O–H groups in total. The van der Waals surface area contributed by atoms with Gasteiger partial charge in [-0.2, -0.15) is 0 Å². The molecule has 0 spiro atoms. The number of esters is 1. The van der Waals surface area contributed by atoms with Crippen LogP contribution in [0.15, 0.2) is 41.6 Å². The molecular weight excluding hydrogens is 296 g/mol. The summed E-state index contributed by atoms with van der Waals surface area (Å²) in [5.41, 5.74) is 2.00. The average Bonchev–Trinajstić information content (AvgIpc) is 2.47. The van der Waals surface area contributed by atoms with E-state index in [1.807, 2.05) is 37.3 Å². The van der Waals surface area contributed by atoms with Gasteiger partial charge in [-0.15, -0.1) is 0 Å². The molecule has 6 nitrogen and oxygen atoms in total. The first kappa shape index (κ1) is 18.7. The lowest BCUT2D eigenvalue weighted by atomic mass is 9.98. The molecule has 1 aromatic carbocycles. The molecule has 1 rings (SSSR count). The highest BCUT2D eigenvalue weighted by Gasteiger charge is 2.25. The molecule has 0 fully saturated rings. The molecule has 0 unspecified atom stereocenters. The molecule has 1 aromatic rings. The van der Waals surface area contributed by atoms with Gasteiger partial charge in [0.15, 0.2) is 0 Å². The molecule has 0 aliphatic heterocycles. The Balaban J connectivity index is 3.03. The molecule has 0 aromatic heterocycles. The van der Waals surface area contributed by atoms with E-state index in [0.717, 1.165) is 5.56 Å². The van der Waals surface area contributed by atoms with Crippen LogP contribution in [0.2, 0.25) is 0 Å². The van der Waals surface area contributed by atoms with Crippen molar-refractivity contribution in [3.8, 4) is 0 Å². The van der Waals surface area contributed by atoms with Crippen molar-refractivity contribution in [3.63, 3.8) is 0 Å². The Bertz CT molecular complexity index is 569. The zero-order valence-electron chi connectivity index (χ0n) is 14.0. The van der Waals surface area contributed by atoms with E-state index in [-0.39, 0.29) is 19.2 Å². The zero-order chi connectivity index (χ0) is 17.4. The summed E-state index contributed by atoms with van der Waals surface area (Å²) in [5, 5.41) is 14.0. The van der Waals surface area contributed by atoms with Gasteiger partial charge < -0.3 is 10.1 Å². The first-order chi connectivity index (χ1) is 10.9. The number of ether oxygens (including phenoxy) is 1. The van der Waals surface area contributed by atoms with E-state index < -0.39 is 16.8 Å². The van der Waals surface area contributed by atoms with Gasteiger partial charge in [0, 0.05) is 16.7 Å². The van der Waals surface area contributed by atoms with Crippen molar-refractivity contribution >= 4 is 5.97 Å². The molecule has 2 atom stereocenters. The average molecular weight is 320 g/mol. The van der Waals surface area contributed by atoms with Crippen molar-refractivity contribution in [1.29, 1.82) is 0 Å². The van der Waals surface area contributed by atoms with Crippen molar-refractivity contribution < 1.29 is 14.5 Å². The Morgan fingerprint density at radius 3 is 2.43 bits per heavy atom. The number of hydrogen-bond donors (Lipinski definition) is 1. The Morgan fingerprint density at radius 2 is 1.91 bits per heavy atom. The monoisotopic (exact) mass is 320 g/mol. The number of carbonyl (C=O) groups excluding carboxylic acids is 1. The van der Waals surface area contributed by atoms with Crippen LogP contribution in [0.3, 0.4) is 0 Å². The number of nitrogens with one attached hydrogen (secondary N) is 1. The van der Waals surface area contributed by atoms with Crippen LogP contribution in [0.1, 0.15) is 39.3 Å². The van der Waals surface area contributed by atoms with E-state index in [1.165, 1.54) is 0 Å². The lowest BCUT2D eigenvalue weighted by molar-refractivity contribution is -0.485. The van der Waals surface area contributed by atoms with E-state index in [4.69, 9.17) is 4.74 Å². The lowest BCUT2D eigenvalue weighted by Crippen LogP contribution is -2.27. The predicted octanol–water partition coefficient (Wildman–Crippen LogP) is 3.09. The van der Waals surface area contributed by atoms with Gasteiger partial charge in [0.1, 0.15) is 0 Å². The maximum absolute atomic E-state index is 12.2. The summed E-state index contributed by atoms with van der Waals surface area (Å²) in [6.07, 6.45) is 0. The van der Waals surface area contributed by atoms with Gasteiger partial charge >= 0.3 is 5.97 Å². The van der Waals surface area contributed by atoms with Crippen LogP contribution in [0.25, 0.3) is 0 Å². The Labute approximate surface area is 136 Å². The second-order valence-corrected chi connectivity index (χ2v) is 5.45. The molecule has 0 bridgehead atoms. The van der Waals surface area contributed by atoms with Gasteiger partial charge in [0.2, 0.25) is 6.54 Å². The lowest BCUT2D eigenvalue weighted by Gasteiger charge is -2.21. The predicted molar refractivity (Wildman–Crippen MR) is 88.4 cm³/mol. The molecule has 6 heteroatoms. The summed E-state index contributed by atoms with van der Waals surface area (Å²) < 4.78 is 5.06. The largest absolute Gasteiger partial charge is 0.463 e. The zero-order valence-corrected chi connectivity index (χ0v) is 14.0. The molecule has 0 aliphatic rings. The Hall–Kier alpha value is -2.37. The van der Waals surface area contributed by atoms with E-state index in [1.54, 1.807) is 20.8 Å². The number of hydrogen-bond acceptors (Lipinski definition) is 5. The van der Waals surface area contributed by atoms with E-state index in [0.29, 0.717) is 11.3 Å². The smallest absolute Gasteiger partial charge is 0.336 e. The van der Waals surface area contributed by atoms with Gasteiger partial charge in [-0.05, 0) is 26.3 Å². The van der Waals surface area contributed by atoms with E-state index in [2.05, 4.69) is 5.32 Å². The van der Waals surface area contributed by atoms with Crippen LogP contribution in [0.4, 0.5) is 0 Å². The second kappa shape index (κ2) is 8.92. The van der Waals surface area contributed by atoms with Crippen molar-refractivity contribution in [2.75, 3.05) is 13.2 Å². The molecule has 0 amide bonds. The summed E-state index contributed by atoms with van der Waals surface area (Å²) in [5.74, 6) is -1.04. The van der Waals surface area contributed by atoms with Gasteiger partial charge in [0.25, 0.3) is 0 Å². The number of carbonyl (C=O) groups is 1. The molecule has 0 radical (unpaired) electrons. The minimum atomic E-state index is -0.528. The third kappa shape index (κ3) is 5.73. The highest BCUT2D eigenvalue weighted by atomic mass is 16.6. The summed E-state index contributed by atoms with van der Waals surface area (Å²) >= 11 is 0. The van der Waals surface area contributed by atoms with Crippen molar-refractivity contribution in [2.45, 2.75) is 33.7 Å². The summed E-state index contributed by atoms with van der Waals surface area (Å²) in [7, 11) is 0. The highest BCUT2D eigenvalue weighted by Crippen LogP contribution is 2.20. The van der Waals surface area contributed by atoms with Crippen LogP contribution in [-0.2, 0) is 9.53 Å². The van der Waals surface area contributed by atoms with Crippen molar-refractivity contribution in [1.82, 2.24) is 5.32 Å². The molecule has 0 saturated carbocycles. The second-order valence-electron chi connectivity index (χ2n) is 5.45. The van der Waals surface area contributed by atoms with Crippen LogP contribution >= 0.6 is 0 Å². The Morgan fingerprint density at radius 1 is 1.30 bits per heavy atom. The number of allylic oxidation sites excluding steroid dienone is 1. The summed E-state index contributed by atoms with van der Waals surface area (Å²) in [4.78, 5) is 22.5. The normalized spacial score (nSPS) is 14.4. The minimum absolute atomic E-state index is 0.0246. The van der Waals surface area contributed by atoms with Crippen molar-refractivity contribution in [2.24, 2.45) is 5.92 Å². The van der Waals surface area contributed by atoms with Crippen molar-refractivity contribution in [3.05, 3.63) is 57.3 Å². The summed E-state index contributed by atoms with van der Waals surface area (Å²) in [6.45, 7) is 7.01. The van der Waals surface area contributed by atoms with Crippen LogP contribution in [0.5, 0.6) is 0 Å². The summed E-state index contributed by atoms with van der Waals surface area (Å²) in [6, 6.07) is 9.75. The maximum atomic E-state index is 12.2. The minimum Gasteiger partial charge on any atom is -0.463 e. The fourth-order valence-corrected chi connectivity index (χ4v) is 2.48. The molecule has 0 aliphatic carbocycles. The molecule has 0 heterocycles.